The highest BCUT2D eigenvalue weighted by Gasteiger charge is 2.25. The number of hydrogen-bond acceptors (Lipinski definition) is 5. The van der Waals surface area contributed by atoms with Crippen molar-refractivity contribution in [2.24, 2.45) is 4.99 Å². The van der Waals surface area contributed by atoms with E-state index in [0.29, 0.717) is 19.1 Å². The molecule has 6 heteroatoms. The van der Waals surface area contributed by atoms with E-state index in [4.69, 9.17) is 11.6 Å². The number of allylic oxidation sites excluding steroid dienone is 5. The first kappa shape index (κ1) is 21.5. The molecule has 2 heterocycles. The number of piperazine rings is 1. The second-order valence-corrected chi connectivity index (χ2v) is 7.92. The van der Waals surface area contributed by atoms with Gasteiger partial charge >= 0.3 is 0 Å². The lowest BCUT2D eigenvalue weighted by atomic mass is 9.99. The largest absolute Gasteiger partial charge is 0.384 e. The molecule has 0 amide bonds. The Kier molecular flexibility index (Phi) is 7.78. The van der Waals surface area contributed by atoms with Gasteiger partial charge in [-0.05, 0) is 37.5 Å². The molecule has 1 fully saturated rings. The second-order valence-electron chi connectivity index (χ2n) is 7.46. The lowest BCUT2D eigenvalue weighted by Gasteiger charge is -2.38. The number of halogens is 1. The maximum atomic E-state index is 6.63. The predicted octanol–water partition coefficient (Wildman–Crippen LogP) is 3.57. The highest BCUT2D eigenvalue weighted by molar-refractivity contribution is 6.30. The van der Waals surface area contributed by atoms with Gasteiger partial charge in [0.15, 0.2) is 0 Å². The van der Waals surface area contributed by atoms with Gasteiger partial charge in [-0.15, -0.1) is 0 Å². The summed E-state index contributed by atoms with van der Waals surface area (Å²) in [5.74, 6) is 0. The average Bonchev–Trinajstić information content (AvgIpc) is 2.72. The monoisotopic (exact) mass is 413 g/mol. The predicted molar refractivity (Wildman–Crippen MR) is 124 cm³/mol. The van der Waals surface area contributed by atoms with Gasteiger partial charge < -0.3 is 20.9 Å². The molecule has 3 aliphatic rings. The Balaban J connectivity index is 1.73. The zero-order valence-electron chi connectivity index (χ0n) is 17.6. The maximum Gasteiger partial charge on any atom is 0.0783 e. The molecule has 0 bridgehead atoms. The number of nitrogens with one attached hydrogen (secondary N) is 3. The number of hydrogen-bond donors (Lipinski definition) is 3. The summed E-state index contributed by atoms with van der Waals surface area (Å²) >= 11 is 6.63. The second kappa shape index (κ2) is 10.5. The molecule has 0 aromatic carbocycles. The minimum absolute atomic E-state index is 0.454. The van der Waals surface area contributed by atoms with Gasteiger partial charge in [0.1, 0.15) is 0 Å². The van der Waals surface area contributed by atoms with Crippen molar-refractivity contribution in [3.8, 4) is 0 Å². The average molecular weight is 414 g/mol. The maximum absolute atomic E-state index is 6.63. The first-order chi connectivity index (χ1) is 14.1. The molecule has 0 aromatic rings. The number of nitrogens with zero attached hydrogens (tertiary/aromatic N) is 2. The van der Waals surface area contributed by atoms with Crippen molar-refractivity contribution in [2.45, 2.75) is 33.2 Å². The summed E-state index contributed by atoms with van der Waals surface area (Å²) in [7, 11) is 0. The summed E-state index contributed by atoms with van der Waals surface area (Å²) in [5.41, 5.74) is 5.54. The highest BCUT2D eigenvalue weighted by atomic mass is 35.5. The molecular weight excluding hydrogens is 382 g/mol. The van der Waals surface area contributed by atoms with Gasteiger partial charge in [0.05, 0.1) is 28.7 Å². The van der Waals surface area contributed by atoms with Gasteiger partial charge in [-0.1, -0.05) is 42.8 Å². The molecule has 29 heavy (non-hydrogen) atoms. The summed E-state index contributed by atoms with van der Waals surface area (Å²) in [6.45, 7) is 10.6. The molecule has 1 aliphatic carbocycles. The van der Waals surface area contributed by atoms with E-state index in [1.807, 2.05) is 25.4 Å². The van der Waals surface area contributed by atoms with Crippen LogP contribution < -0.4 is 16.0 Å². The Bertz CT molecular complexity index is 813. The molecule has 1 unspecified atom stereocenters. The minimum atomic E-state index is 0.454. The van der Waals surface area contributed by atoms with Crippen LogP contribution in [0.5, 0.6) is 0 Å². The molecule has 0 aromatic heterocycles. The number of aliphatic imine (C=N–C) groups is 1. The molecule has 3 rings (SSSR count). The van der Waals surface area contributed by atoms with Crippen LogP contribution in [-0.4, -0.2) is 49.4 Å². The third kappa shape index (κ3) is 5.64. The molecular formula is C23H32ClN5. The zero-order chi connectivity index (χ0) is 20.6. The van der Waals surface area contributed by atoms with Gasteiger partial charge in [0.2, 0.25) is 0 Å². The Morgan fingerprint density at radius 3 is 3.00 bits per heavy atom. The molecule has 1 atom stereocenters. The number of dihydropyridines is 1. The first-order valence-electron chi connectivity index (χ1n) is 10.4. The quantitative estimate of drug-likeness (QED) is 0.623. The normalized spacial score (nSPS) is 25.5. The fourth-order valence-electron chi connectivity index (χ4n) is 3.71. The summed E-state index contributed by atoms with van der Waals surface area (Å²) in [6.07, 6.45) is 15.5. The zero-order valence-corrected chi connectivity index (χ0v) is 18.4. The summed E-state index contributed by atoms with van der Waals surface area (Å²) in [4.78, 5) is 6.98. The Labute approximate surface area is 179 Å². The van der Waals surface area contributed by atoms with E-state index in [0.717, 1.165) is 48.2 Å². The topological polar surface area (TPSA) is 51.7 Å². The van der Waals surface area contributed by atoms with Crippen LogP contribution in [0.3, 0.4) is 0 Å². The van der Waals surface area contributed by atoms with E-state index < -0.39 is 0 Å². The lowest BCUT2D eigenvalue weighted by molar-refractivity contribution is 0.255. The van der Waals surface area contributed by atoms with E-state index in [-0.39, 0.29) is 0 Å². The summed E-state index contributed by atoms with van der Waals surface area (Å²) in [5, 5.41) is 11.2. The van der Waals surface area contributed by atoms with Crippen LogP contribution in [0, 0.1) is 0 Å². The Hall–Kier alpha value is -2.24. The van der Waals surface area contributed by atoms with Crippen LogP contribution in [0.4, 0.5) is 0 Å². The van der Waals surface area contributed by atoms with Crippen LogP contribution in [0.25, 0.3) is 0 Å². The third-order valence-electron chi connectivity index (χ3n) is 5.07. The molecule has 3 N–H and O–H groups in total. The smallest absolute Gasteiger partial charge is 0.0783 e. The van der Waals surface area contributed by atoms with Crippen molar-refractivity contribution in [1.29, 1.82) is 0 Å². The van der Waals surface area contributed by atoms with E-state index in [2.05, 4.69) is 64.0 Å². The summed E-state index contributed by atoms with van der Waals surface area (Å²) in [6, 6.07) is 0.454. The van der Waals surface area contributed by atoms with E-state index in [9.17, 15) is 0 Å². The van der Waals surface area contributed by atoms with Crippen molar-refractivity contribution in [3.05, 3.63) is 70.4 Å². The fraction of sp³-hybridized carbons (Fsp3) is 0.435. The molecule has 2 aliphatic heterocycles. The molecule has 0 spiro atoms. The molecule has 0 radical (unpaired) electrons. The van der Waals surface area contributed by atoms with Crippen molar-refractivity contribution >= 4 is 17.3 Å². The number of rotatable bonds is 6. The SMILES string of the molecule is C\C=C/N=C1\C=C(CNC2=CNCC(Cl)=C2N2CCNC(C)C2)C=C\C1=C/CC. The third-order valence-corrected chi connectivity index (χ3v) is 5.38. The standard InChI is InChI=1S/C23H32ClN5/c1-4-6-19-8-7-18(12-21(19)27-9-5-2)13-28-22-15-25-14-20(24)23(22)29-11-10-26-17(3)16-29/h5-9,12,15,17,25-26,28H,4,10-11,13-14,16H2,1-3H3/b9-5-,19-6+,27-21+. The van der Waals surface area contributed by atoms with Crippen LogP contribution >= 0.6 is 11.6 Å². The molecule has 1 saturated heterocycles. The van der Waals surface area contributed by atoms with Crippen LogP contribution in [0.1, 0.15) is 27.2 Å². The van der Waals surface area contributed by atoms with Crippen LogP contribution in [0.2, 0.25) is 0 Å². The lowest BCUT2D eigenvalue weighted by Crippen LogP contribution is -2.50. The Morgan fingerprint density at radius 2 is 2.24 bits per heavy atom. The van der Waals surface area contributed by atoms with Gasteiger partial charge in [0, 0.05) is 44.6 Å². The van der Waals surface area contributed by atoms with E-state index >= 15 is 0 Å². The molecule has 156 valence electrons. The van der Waals surface area contributed by atoms with Gasteiger partial charge in [-0.2, -0.15) is 0 Å². The van der Waals surface area contributed by atoms with Crippen molar-refractivity contribution in [2.75, 3.05) is 32.7 Å². The van der Waals surface area contributed by atoms with Crippen LogP contribution in [0.15, 0.2) is 75.3 Å². The molecule has 5 nitrogen and oxygen atoms in total. The van der Waals surface area contributed by atoms with Gasteiger partial charge in [-0.3, -0.25) is 4.99 Å². The van der Waals surface area contributed by atoms with Gasteiger partial charge in [-0.25, -0.2) is 0 Å². The fourth-order valence-corrected chi connectivity index (χ4v) is 4.01. The first-order valence-corrected chi connectivity index (χ1v) is 10.8. The van der Waals surface area contributed by atoms with Crippen molar-refractivity contribution < 1.29 is 0 Å². The van der Waals surface area contributed by atoms with Crippen molar-refractivity contribution in [1.82, 2.24) is 20.9 Å². The molecule has 0 saturated carbocycles. The minimum Gasteiger partial charge on any atom is -0.384 e. The van der Waals surface area contributed by atoms with E-state index in [1.54, 1.807) is 0 Å². The van der Waals surface area contributed by atoms with Crippen molar-refractivity contribution in [3.63, 3.8) is 0 Å². The summed E-state index contributed by atoms with van der Waals surface area (Å²) < 4.78 is 0. The van der Waals surface area contributed by atoms with Gasteiger partial charge in [0.25, 0.3) is 0 Å². The Morgan fingerprint density at radius 1 is 1.38 bits per heavy atom. The van der Waals surface area contributed by atoms with E-state index in [1.165, 1.54) is 11.1 Å². The highest BCUT2D eigenvalue weighted by Crippen LogP contribution is 2.25. The van der Waals surface area contributed by atoms with Crippen LogP contribution in [-0.2, 0) is 0 Å².